The average Bonchev–Trinajstić information content (AvgIpc) is 2.65. The van der Waals surface area contributed by atoms with Gasteiger partial charge in [-0.05, 0) is 24.6 Å². The lowest BCUT2D eigenvalue weighted by Gasteiger charge is -2.11. The summed E-state index contributed by atoms with van der Waals surface area (Å²) in [6, 6.07) is 15.8. The molecule has 0 unspecified atom stereocenters. The molecule has 1 heterocycles. The molecule has 0 aliphatic heterocycles. The molecule has 0 aliphatic carbocycles. The number of rotatable bonds is 5. The summed E-state index contributed by atoms with van der Waals surface area (Å²) in [6.07, 6.45) is 1.44. The van der Waals surface area contributed by atoms with Crippen molar-refractivity contribution in [2.24, 2.45) is 0 Å². The van der Waals surface area contributed by atoms with Crippen LogP contribution in [-0.2, 0) is 17.9 Å². The molecule has 0 radical (unpaired) electrons. The van der Waals surface area contributed by atoms with Gasteiger partial charge < -0.3 is 5.32 Å². The molecule has 0 spiro atoms. The number of halogens is 1. The summed E-state index contributed by atoms with van der Waals surface area (Å²) in [5.74, 6) is -0.504. The molecule has 138 valence electrons. The van der Waals surface area contributed by atoms with Crippen LogP contribution >= 0.6 is 11.6 Å². The third-order valence-electron chi connectivity index (χ3n) is 4.06. The highest BCUT2D eigenvalue weighted by Gasteiger charge is 2.11. The van der Waals surface area contributed by atoms with Gasteiger partial charge in [0.25, 0.3) is 5.56 Å². The van der Waals surface area contributed by atoms with Crippen molar-refractivity contribution in [2.45, 2.75) is 20.0 Å². The van der Waals surface area contributed by atoms with Gasteiger partial charge in [-0.15, -0.1) is 0 Å². The number of para-hydroxylation sites is 1. The van der Waals surface area contributed by atoms with E-state index in [4.69, 9.17) is 11.6 Å². The minimum atomic E-state index is -0.544. The number of hydrogen-bond donors (Lipinski definition) is 1. The maximum Gasteiger partial charge on any atom is 0.331 e. The fourth-order valence-corrected chi connectivity index (χ4v) is 2.79. The molecular formula is C20H18ClN3O3. The van der Waals surface area contributed by atoms with E-state index in [-0.39, 0.29) is 0 Å². The van der Waals surface area contributed by atoms with E-state index >= 15 is 0 Å². The SMILES string of the molecule is Cc1ccc(Cn2ccc(=O)n(CC(=O)Nc3ccccc3Cl)c2=O)cc1. The number of carbonyl (C=O) groups excluding carboxylic acids is 1. The summed E-state index contributed by atoms with van der Waals surface area (Å²) in [5.41, 5.74) is 1.39. The molecule has 6 nitrogen and oxygen atoms in total. The van der Waals surface area contributed by atoms with E-state index in [1.165, 1.54) is 16.8 Å². The van der Waals surface area contributed by atoms with Gasteiger partial charge >= 0.3 is 5.69 Å². The van der Waals surface area contributed by atoms with E-state index in [9.17, 15) is 14.4 Å². The van der Waals surface area contributed by atoms with Gasteiger partial charge in [0.2, 0.25) is 5.91 Å². The second-order valence-corrected chi connectivity index (χ2v) is 6.57. The van der Waals surface area contributed by atoms with Crippen LogP contribution in [0.15, 0.2) is 70.4 Å². The number of hydrogen-bond acceptors (Lipinski definition) is 3. The molecular weight excluding hydrogens is 366 g/mol. The lowest BCUT2D eigenvalue weighted by Crippen LogP contribution is -2.41. The Balaban J connectivity index is 1.82. The van der Waals surface area contributed by atoms with Crippen LogP contribution in [0, 0.1) is 6.92 Å². The monoisotopic (exact) mass is 383 g/mol. The van der Waals surface area contributed by atoms with Crippen molar-refractivity contribution < 1.29 is 4.79 Å². The Labute approximate surface area is 160 Å². The van der Waals surface area contributed by atoms with Gasteiger partial charge in [-0.3, -0.25) is 18.7 Å². The molecule has 1 aromatic heterocycles. The number of carbonyl (C=O) groups is 1. The number of amides is 1. The van der Waals surface area contributed by atoms with E-state index in [1.54, 1.807) is 24.3 Å². The maximum absolute atomic E-state index is 12.6. The van der Waals surface area contributed by atoms with Crippen LogP contribution in [0.4, 0.5) is 5.69 Å². The van der Waals surface area contributed by atoms with Crippen LogP contribution in [0.3, 0.4) is 0 Å². The quantitative estimate of drug-likeness (QED) is 0.736. The van der Waals surface area contributed by atoms with Crippen molar-refractivity contribution >= 4 is 23.2 Å². The molecule has 1 amide bonds. The number of aromatic nitrogens is 2. The minimum Gasteiger partial charge on any atom is -0.323 e. The van der Waals surface area contributed by atoms with Gasteiger partial charge in [0, 0.05) is 12.3 Å². The first-order chi connectivity index (χ1) is 12.9. The molecule has 7 heteroatoms. The summed E-state index contributed by atoms with van der Waals surface area (Å²) in [5, 5.41) is 2.99. The standard InChI is InChI=1S/C20H18ClN3O3/c1-14-6-8-15(9-7-14)12-23-11-10-19(26)24(20(23)27)13-18(25)22-17-5-3-2-4-16(17)21/h2-11H,12-13H2,1H3,(H,22,25). The summed E-state index contributed by atoms with van der Waals surface area (Å²) in [7, 11) is 0. The smallest absolute Gasteiger partial charge is 0.323 e. The average molecular weight is 384 g/mol. The van der Waals surface area contributed by atoms with E-state index in [0.717, 1.165) is 15.7 Å². The highest BCUT2D eigenvalue weighted by molar-refractivity contribution is 6.33. The number of benzene rings is 2. The molecule has 0 saturated heterocycles. The highest BCUT2D eigenvalue weighted by atomic mass is 35.5. The van der Waals surface area contributed by atoms with Crippen molar-refractivity contribution in [2.75, 3.05) is 5.32 Å². The van der Waals surface area contributed by atoms with E-state index in [2.05, 4.69) is 5.32 Å². The van der Waals surface area contributed by atoms with E-state index in [1.807, 2.05) is 31.2 Å². The van der Waals surface area contributed by atoms with Crippen LogP contribution in [0.1, 0.15) is 11.1 Å². The molecule has 1 N–H and O–H groups in total. The van der Waals surface area contributed by atoms with Gasteiger partial charge in [0.1, 0.15) is 6.54 Å². The Bertz CT molecular complexity index is 1080. The molecule has 0 bridgehead atoms. The van der Waals surface area contributed by atoms with Crippen LogP contribution in [0.2, 0.25) is 5.02 Å². The number of aryl methyl sites for hydroxylation is 1. The molecule has 0 atom stereocenters. The summed E-state index contributed by atoms with van der Waals surface area (Å²) >= 11 is 6.01. The fraction of sp³-hybridized carbons (Fsp3) is 0.150. The van der Waals surface area contributed by atoms with Crippen LogP contribution in [0.25, 0.3) is 0 Å². The predicted octanol–water partition coefficient (Wildman–Crippen LogP) is 2.66. The van der Waals surface area contributed by atoms with Crippen LogP contribution < -0.4 is 16.6 Å². The number of nitrogens with one attached hydrogen (secondary N) is 1. The Morgan fingerprint density at radius 1 is 1.04 bits per heavy atom. The molecule has 0 aliphatic rings. The molecule has 3 aromatic rings. The van der Waals surface area contributed by atoms with Gasteiger partial charge in [-0.25, -0.2) is 4.79 Å². The van der Waals surface area contributed by atoms with E-state index < -0.39 is 23.7 Å². The minimum absolute atomic E-state index is 0.311. The molecule has 27 heavy (non-hydrogen) atoms. The molecule has 0 fully saturated rings. The first-order valence-electron chi connectivity index (χ1n) is 8.34. The topological polar surface area (TPSA) is 73.1 Å². The van der Waals surface area contributed by atoms with Gasteiger partial charge in [0.15, 0.2) is 0 Å². The number of anilines is 1. The van der Waals surface area contributed by atoms with Crippen LogP contribution in [-0.4, -0.2) is 15.0 Å². The third kappa shape index (κ3) is 4.54. The Morgan fingerprint density at radius 3 is 2.44 bits per heavy atom. The Hall–Kier alpha value is -3.12. The zero-order valence-electron chi connectivity index (χ0n) is 14.7. The largest absolute Gasteiger partial charge is 0.331 e. The van der Waals surface area contributed by atoms with Crippen molar-refractivity contribution in [3.8, 4) is 0 Å². The third-order valence-corrected chi connectivity index (χ3v) is 4.39. The second kappa shape index (κ2) is 8.05. The van der Waals surface area contributed by atoms with Crippen molar-refractivity contribution in [3.63, 3.8) is 0 Å². The number of nitrogens with zero attached hydrogens (tertiary/aromatic N) is 2. The molecule has 2 aromatic carbocycles. The Kier molecular flexibility index (Phi) is 5.57. The Morgan fingerprint density at radius 2 is 1.74 bits per heavy atom. The first kappa shape index (κ1) is 18.7. The summed E-state index contributed by atoms with van der Waals surface area (Å²) in [6.45, 7) is 1.90. The highest BCUT2D eigenvalue weighted by Crippen LogP contribution is 2.20. The zero-order chi connectivity index (χ0) is 19.4. The lowest BCUT2D eigenvalue weighted by atomic mass is 10.1. The van der Waals surface area contributed by atoms with Gasteiger partial charge in [-0.2, -0.15) is 0 Å². The summed E-state index contributed by atoms with van der Waals surface area (Å²) < 4.78 is 2.30. The van der Waals surface area contributed by atoms with Crippen molar-refractivity contribution in [3.05, 3.63) is 97.8 Å². The first-order valence-corrected chi connectivity index (χ1v) is 8.72. The maximum atomic E-state index is 12.6. The van der Waals surface area contributed by atoms with Crippen LogP contribution in [0.5, 0.6) is 0 Å². The summed E-state index contributed by atoms with van der Waals surface area (Å²) in [4.78, 5) is 37.0. The van der Waals surface area contributed by atoms with Crippen molar-refractivity contribution in [1.82, 2.24) is 9.13 Å². The zero-order valence-corrected chi connectivity index (χ0v) is 15.4. The molecule has 0 saturated carbocycles. The lowest BCUT2D eigenvalue weighted by molar-refractivity contribution is -0.116. The van der Waals surface area contributed by atoms with Gasteiger partial charge in [0.05, 0.1) is 17.3 Å². The van der Waals surface area contributed by atoms with Crippen molar-refractivity contribution in [1.29, 1.82) is 0 Å². The van der Waals surface area contributed by atoms with Gasteiger partial charge in [-0.1, -0.05) is 53.6 Å². The fourth-order valence-electron chi connectivity index (χ4n) is 2.61. The normalized spacial score (nSPS) is 10.6. The second-order valence-electron chi connectivity index (χ2n) is 6.16. The molecule has 3 rings (SSSR count). The predicted molar refractivity (Wildman–Crippen MR) is 105 cm³/mol. The van der Waals surface area contributed by atoms with E-state index in [0.29, 0.717) is 17.3 Å².